The maximum Gasteiger partial charge on any atom is 0.273 e. The summed E-state index contributed by atoms with van der Waals surface area (Å²) in [5.41, 5.74) is 4.34. The van der Waals surface area contributed by atoms with Gasteiger partial charge in [-0.1, -0.05) is 47.1 Å². The van der Waals surface area contributed by atoms with Crippen LogP contribution in [-0.4, -0.2) is 34.0 Å². The lowest BCUT2D eigenvalue weighted by molar-refractivity contribution is 0.0943. The second-order valence-electron chi connectivity index (χ2n) is 6.58. The van der Waals surface area contributed by atoms with Crippen molar-refractivity contribution in [1.29, 1.82) is 0 Å². The summed E-state index contributed by atoms with van der Waals surface area (Å²) in [6, 6.07) is 15.7. The third-order valence-electron chi connectivity index (χ3n) is 4.84. The zero-order valence-corrected chi connectivity index (χ0v) is 16.9. The monoisotopic (exact) mass is 417 g/mol. The minimum Gasteiger partial charge on any atom is -0.349 e. The molecule has 1 aromatic heterocycles. The number of nitrogens with one attached hydrogen (secondary N) is 2. The SMILES string of the molecule is Cc1c(C(=O)NCC2NCCc3ccccc32)nnn1-c1cccc(Cl)c1.Cl. The lowest BCUT2D eigenvalue weighted by Crippen LogP contribution is -2.39. The van der Waals surface area contributed by atoms with Crippen LogP contribution in [0.25, 0.3) is 5.69 Å². The van der Waals surface area contributed by atoms with Crippen molar-refractivity contribution in [2.75, 3.05) is 13.1 Å². The molecule has 0 saturated heterocycles. The summed E-state index contributed by atoms with van der Waals surface area (Å²) in [5, 5.41) is 15.2. The predicted molar refractivity (Wildman–Crippen MR) is 112 cm³/mol. The molecule has 28 heavy (non-hydrogen) atoms. The quantitative estimate of drug-likeness (QED) is 0.683. The number of hydrogen-bond donors (Lipinski definition) is 2. The van der Waals surface area contributed by atoms with E-state index in [0.29, 0.717) is 23.0 Å². The molecule has 1 atom stereocenters. The highest BCUT2D eigenvalue weighted by Crippen LogP contribution is 2.22. The van der Waals surface area contributed by atoms with Crippen molar-refractivity contribution in [3.05, 3.63) is 76.1 Å². The predicted octanol–water partition coefficient (Wildman–Crippen LogP) is 3.27. The lowest BCUT2D eigenvalue weighted by atomic mass is 9.94. The van der Waals surface area contributed by atoms with Crippen LogP contribution < -0.4 is 10.6 Å². The van der Waals surface area contributed by atoms with Crippen molar-refractivity contribution >= 4 is 29.9 Å². The number of aromatic nitrogens is 3. The van der Waals surface area contributed by atoms with E-state index in [9.17, 15) is 4.79 Å². The smallest absolute Gasteiger partial charge is 0.273 e. The Balaban J connectivity index is 0.00000225. The van der Waals surface area contributed by atoms with Crippen molar-refractivity contribution in [1.82, 2.24) is 25.6 Å². The second kappa shape index (κ2) is 8.73. The number of hydrogen-bond acceptors (Lipinski definition) is 4. The summed E-state index contributed by atoms with van der Waals surface area (Å²) in [6.07, 6.45) is 1.01. The van der Waals surface area contributed by atoms with E-state index < -0.39 is 0 Å². The molecule has 1 aliphatic rings. The number of benzene rings is 2. The first kappa shape index (κ1) is 20.3. The summed E-state index contributed by atoms with van der Waals surface area (Å²) in [5.74, 6) is -0.231. The minimum absolute atomic E-state index is 0. The third-order valence-corrected chi connectivity index (χ3v) is 5.08. The van der Waals surface area contributed by atoms with Crippen molar-refractivity contribution in [3.63, 3.8) is 0 Å². The maximum atomic E-state index is 12.7. The third kappa shape index (κ3) is 4.04. The molecule has 2 aromatic carbocycles. The van der Waals surface area contributed by atoms with E-state index in [-0.39, 0.29) is 24.4 Å². The molecule has 0 aliphatic carbocycles. The van der Waals surface area contributed by atoms with Gasteiger partial charge in [-0.25, -0.2) is 4.68 Å². The fourth-order valence-electron chi connectivity index (χ4n) is 3.45. The molecular formula is C20H21Cl2N5O. The maximum absolute atomic E-state index is 12.7. The molecule has 4 rings (SSSR count). The Morgan fingerprint density at radius 1 is 1.29 bits per heavy atom. The first-order valence-electron chi connectivity index (χ1n) is 8.91. The summed E-state index contributed by atoms with van der Waals surface area (Å²) in [4.78, 5) is 12.7. The van der Waals surface area contributed by atoms with Crippen LogP contribution in [0.3, 0.4) is 0 Å². The molecule has 6 nitrogen and oxygen atoms in total. The van der Waals surface area contributed by atoms with Crippen LogP contribution in [0.1, 0.15) is 33.4 Å². The topological polar surface area (TPSA) is 71.8 Å². The molecule has 1 amide bonds. The lowest BCUT2D eigenvalue weighted by Gasteiger charge is -2.27. The van der Waals surface area contributed by atoms with Gasteiger partial charge in [-0.05, 0) is 49.2 Å². The normalized spacial score (nSPS) is 15.4. The van der Waals surface area contributed by atoms with Crippen molar-refractivity contribution in [2.24, 2.45) is 0 Å². The molecule has 0 radical (unpaired) electrons. The van der Waals surface area contributed by atoms with E-state index in [1.165, 1.54) is 11.1 Å². The molecule has 8 heteroatoms. The van der Waals surface area contributed by atoms with Gasteiger partial charge in [-0.15, -0.1) is 17.5 Å². The summed E-state index contributed by atoms with van der Waals surface area (Å²) >= 11 is 6.05. The highest BCUT2D eigenvalue weighted by Gasteiger charge is 2.22. The molecule has 1 aliphatic heterocycles. The highest BCUT2D eigenvalue weighted by atomic mass is 35.5. The Morgan fingerprint density at radius 3 is 2.93 bits per heavy atom. The van der Waals surface area contributed by atoms with E-state index in [4.69, 9.17) is 11.6 Å². The fourth-order valence-corrected chi connectivity index (χ4v) is 3.63. The largest absolute Gasteiger partial charge is 0.349 e. The van der Waals surface area contributed by atoms with Crippen molar-refractivity contribution in [2.45, 2.75) is 19.4 Å². The molecule has 0 fully saturated rings. The average molecular weight is 418 g/mol. The average Bonchev–Trinajstić information content (AvgIpc) is 3.07. The summed E-state index contributed by atoms with van der Waals surface area (Å²) < 4.78 is 1.62. The van der Waals surface area contributed by atoms with E-state index in [1.54, 1.807) is 16.8 Å². The zero-order valence-electron chi connectivity index (χ0n) is 15.4. The van der Waals surface area contributed by atoms with Gasteiger partial charge < -0.3 is 10.6 Å². The van der Waals surface area contributed by atoms with E-state index >= 15 is 0 Å². The van der Waals surface area contributed by atoms with E-state index in [1.807, 2.05) is 25.1 Å². The van der Waals surface area contributed by atoms with Crippen LogP contribution in [0.4, 0.5) is 0 Å². The van der Waals surface area contributed by atoms with Gasteiger partial charge in [-0.2, -0.15) is 0 Å². The molecule has 146 valence electrons. The Morgan fingerprint density at radius 2 is 2.11 bits per heavy atom. The van der Waals surface area contributed by atoms with Gasteiger partial charge in [0.2, 0.25) is 0 Å². The van der Waals surface area contributed by atoms with Crippen LogP contribution >= 0.6 is 24.0 Å². The Hall–Kier alpha value is -2.41. The Kier molecular flexibility index (Phi) is 6.34. The Labute approximate surface area is 174 Å². The van der Waals surface area contributed by atoms with E-state index in [0.717, 1.165) is 18.7 Å². The van der Waals surface area contributed by atoms with Gasteiger partial charge in [0.25, 0.3) is 5.91 Å². The molecule has 0 saturated carbocycles. The molecular weight excluding hydrogens is 397 g/mol. The summed E-state index contributed by atoms with van der Waals surface area (Å²) in [7, 11) is 0. The van der Waals surface area contributed by atoms with E-state index in [2.05, 4.69) is 39.1 Å². The van der Waals surface area contributed by atoms with Gasteiger partial charge in [-0.3, -0.25) is 4.79 Å². The van der Waals surface area contributed by atoms with Crippen LogP contribution in [0.15, 0.2) is 48.5 Å². The van der Waals surface area contributed by atoms with Gasteiger partial charge in [0, 0.05) is 17.6 Å². The number of fused-ring (bicyclic) bond motifs is 1. The number of carbonyl (C=O) groups excluding carboxylic acids is 1. The number of rotatable bonds is 4. The minimum atomic E-state index is -0.231. The summed E-state index contributed by atoms with van der Waals surface area (Å²) in [6.45, 7) is 3.23. The van der Waals surface area contributed by atoms with Gasteiger partial charge in [0.1, 0.15) is 0 Å². The van der Waals surface area contributed by atoms with Crippen LogP contribution in [-0.2, 0) is 6.42 Å². The van der Waals surface area contributed by atoms with Crippen LogP contribution in [0, 0.1) is 6.92 Å². The number of halogens is 2. The molecule has 0 spiro atoms. The standard InChI is InChI=1S/C20H20ClN5O.ClH/c1-13-19(24-25-26(13)16-7-4-6-15(21)11-16)20(27)23-12-18-17-8-3-2-5-14(17)9-10-22-18;/h2-8,11,18,22H,9-10,12H2,1H3,(H,23,27);1H. The van der Waals surface area contributed by atoms with Crippen molar-refractivity contribution < 1.29 is 4.79 Å². The molecule has 2 heterocycles. The first-order valence-corrected chi connectivity index (χ1v) is 9.29. The number of amides is 1. The fraction of sp³-hybridized carbons (Fsp3) is 0.250. The first-order chi connectivity index (χ1) is 13.1. The van der Waals surface area contributed by atoms with Gasteiger partial charge >= 0.3 is 0 Å². The molecule has 3 aromatic rings. The number of carbonyl (C=O) groups is 1. The Bertz CT molecular complexity index is 988. The van der Waals surface area contributed by atoms with Gasteiger partial charge in [0.05, 0.1) is 11.4 Å². The molecule has 0 bridgehead atoms. The number of nitrogens with zero attached hydrogens (tertiary/aromatic N) is 3. The highest BCUT2D eigenvalue weighted by molar-refractivity contribution is 6.30. The van der Waals surface area contributed by atoms with Gasteiger partial charge in [0.15, 0.2) is 5.69 Å². The van der Waals surface area contributed by atoms with Crippen molar-refractivity contribution in [3.8, 4) is 5.69 Å². The molecule has 1 unspecified atom stereocenters. The molecule has 2 N–H and O–H groups in total. The van der Waals surface area contributed by atoms with Crippen LogP contribution in [0.5, 0.6) is 0 Å². The second-order valence-corrected chi connectivity index (χ2v) is 7.02. The zero-order chi connectivity index (χ0) is 18.8. The van der Waals surface area contributed by atoms with Crippen LogP contribution in [0.2, 0.25) is 5.02 Å².